The molecule has 10 heteroatoms. The SMILES string of the molecule is CCOc1ccc(-c2nc(Cn3nnc(C(=O)Nc4ccc(C)c(F)c4)c3N)c(C)o2)cc1. The maximum atomic E-state index is 13.7. The van der Waals surface area contributed by atoms with Gasteiger partial charge in [0.15, 0.2) is 11.5 Å². The number of anilines is 2. The number of benzene rings is 2. The second-order valence-electron chi connectivity index (χ2n) is 7.38. The number of nitrogens with zero attached hydrogens (tertiary/aromatic N) is 4. The van der Waals surface area contributed by atoms with E-state index in [0.717, 1.165) is 11.3 Å². The van der Waals surface area contributed by atoms with E-state index in [9.17, 15) is 9.18 Å². The predicted molar refractivity (Wildman–Crippen MR) is 120 cm³/mol. The van der Waals surface area contributed by atoms with Gasteiger partial charge in [0, 0.05) is 11.3 Å². The molecule has 1 amide bonds. The average Bonchev–Trinajstić information content (AvgIpc) is 3.34. The minimum absolute atomic E-state index is 0.0603. The maximum absolute atomic E-state index is 13.7. The summed E-state index contributed by atoms with van der Waals surface area (Å²) in [6.45, 7) is 6.09. The van der Waals surface area contributed by atoms with Gasteiger partial charge in [-0.2, -0.15) is 0 Å². The Hall–Kier alpha value is -4.21. The van der Waals surface area contributed by atoms with Crippen LogP contribution in [0, 0.1) is 19.7 Å². The Bertz CT molecular complexity index is 1300. The van der Waals surface area contributed by atoms with Crippen LogP contribution < -0.4 is 15.8 Å². The molecule has 4 rings (SSSR count). The summed E-state index contributed by atoms with van der Waals surface area (Å²) in [5.41, 5.74) is 8.21. The third-order valence-electron chi connectivity index (χ3n) is 5.02. The molecule has 3 N–H and O–H groups in total. The van der Waals surface area contributed by atoms with Crippen LogP contribution in [0.3, 0.4) is 0 Å². The van der Waals surface area contributed by atoms with E-state index < -0.39 is 11.7 Å². The van der Waals surface area contributed by atoms with Gasteiger partial charge in [-0.3, -0.25) is 4.79 Å². The Morgan fingerprint density at radius 2 is 1.97 bits per heavy atom. The van der Waals surface area contributed by atoms with Crippen LogP contribution in [0.4, 0.5) is 15.9 Å². The fourth-order valence-corrected chi connectivity index (χ4v) is 3.16. The summed E-state index contributed by atoms with van der Waals surface area (Å²) in [6, 6.07) is 11.8. The van der Waals surface area contributed by atoms with E-state index in [1.165, 1.54) is 10.7 Å². The van der Waals surface area contributed by atoms with Gasteiger partial charge < -0.3 is 20.2 Å². The monoisotopic (exact) mass is 450 g/mol. The van der Waals surface area contributed by atoms with E-state index in [4.69, 9.17) is 14.9 Å². The normalized spacial score (nSPS) is 10.9. The van der Waals surface area contributed by atoms with Gasteiger partial charge in [0.25, 0.3) is 5.91 Å². The highest BCUT2D eigenvalue weighted by Gasteiger charge is 2.20. The first-order valence-electron chi connectivity index (χ1n) is 10.3. The van der Waals surface area contributed by atoms with Crippen molar-refractivity contribution in [1.82, 2.24) is 20.0 Å². The van der Waals surface area contributed by atoms with Gasteiger partial charge in [0.05, 0.1) is 13.2 Å². The number of oxazole rings is 1. The molecule has 2 heterocycles. The van der Waals surface area contributed by atoms with E-state index in [2.05, 4.69) is 20.6 Å². The number of carbonyl (C=O) groups is 1. The molecule has 0 spiro atoms. The van der Waals surface area contributed by atoms with Gasteiger partial charge in [0.2, 0.25) is 5.89 Å². The van der Waals surface area contributed by atoms with Crippen LogP contribution in [0.15, 0.2) is 46.9 Å². The fraction of sp³-hybridized carbons (Fsp3) is 0.217. The molecular formula is C23H23FN6O3. The lowest BCUT2D eigenvalue weighted by atomic mass is 10.2. The van der Waals surface area contributed by atoms with Gasteiger partial charge in [-0.15, -0.1) is 5.10 Å². The highest BCUT2D eigenvalue weighted by Crippen LogP contribution is 2.25. The van der Waals surface area contributed by atoms with Crippen molar-refractivity contribution in [3.05, 3.63) is 71.0 Å². The molecule has 4 aromatic rings. The van der Waals surface area contributed by atoms with Gasteiger partial charge >= 0.3 is 0 Å². The summed E-state index contributed by atoms with van der Waals surface area (Å²) in [4.78, 5) is 17.1. The molecule has 0 atom stereocenters. The average molecular weight is 450 g/mol. The summed E-state index contributed by atoms with van der Waals surface area (Å²) in [6.07, 6.45) is 0. The van der Waals surface area contributed by atoms with Crippen LogP contribution in [0.2, 0.25) is 0 Å². The molecule has 0 aliphatic heterocycles. The number of nitrogens with one attached hydrogen (secondary N) is 1. The van der Waals surface area contributed by atoms with Crippen LogP contribution in [-0.4, -0.2) is 32.5 Å². The Morgan fingerprint density at radius 3 is 2.67 bits per heavy atom. The van der Waals surface area contributed by atoms with Crippen molar-refractivity contribution in [1.29, 1.82) is 0 Å². The molecule has 170 valence electrons. The number of halogens is 1. The van der Waals surface area contributed by atoms with E-state index >= 15 is 0 Å². The second kappa shape index (κ2) is 9.11. The van der Waals surface area contributed by atoms with E-state index in [1.54, 1.807) is 26.0 Å². The summed E-state index contributed by atoms with van der Waals surface area (Å²) in [5.74, 6) is 0.853. The molecule has 0 unspecified atom stereocenters. The Labute approximate surface area is 189 Å². The first-order chi connectivity index (χ1) is 15.9. The van der Waals surface area contributed by atoms with Gasteiger partial charge in [-0.1, -0.05) is 11.3 Å². The van der Waals surface area contributed by atoms with Crippen LogP contribution in [-0.2, 0) is 6.54 Å². The standard InChI is InChI=1S/C23H23FN6O3/c1-4-32-17-9-6-15(7-10-17)23-27-19(14(3)33-23)12-30-21(25)20(28-29-30)22(31)26-16-8-5-13(2)18(24)11-16/h5-11H,4,12,25H2,1-3H3,(H,26,31). The van der Waals surface area contributed by atoms with Gasteiger partial charge in [-0.05, 0) is 62.7 Å². The lowest BCUT2D eigenvalue weighted by Gasteiger charge is -2.05. The van der Waals surface area contributed by atoms with Crippen LogP contribution in [0.1, 0.15) is 34.4 Å². The van der Waals surface area contributed by atoms with Crippen LogP contribution in [0.25, 0.3) is 11.5 Å². The number of nitrogens with two attached hydrogens (primary N) is 1. The predicted octanol–water partition coefficient (Wildman–Crippen LogP) is 3.97. The van der Waals surface area contributed by atoms with Crippen molar-refractivity contribution >= 4 is 17.4 Å². The number of amides is 1. The summed E-state index contributed by atoms with van der Waals surface area (Å²) < 4.78 is 26.4. The molecular weight excluding hydrogens is 427 g/mol. The number of rotatable bonds is 7. The van der Waals surface area contributed by atoms with Crippen molar-refractivity contribution < 1.29 is 18.3 Å². The van der Waals surface area contributed by atoms with E-state index in [-0.39, 0.29) is 18.1 Å². The first kappa shape index (κ1) is 22.0. The maximum Gasteiger partial charge on any atom is 0.280 e. The number of hydrogen-bond acceptors (Lipinski definition) is 7. The molecule has 0 saturated carbocycles. The van der Waals surface area contributed by atoms with Crippen LogP contribution >= 0.6 is 0 Å². The zero-order chi connectivity index (χ0) is 23.5. The highest BCUT2D eigenvalue weighted by molar-refractivity contribution is 6.05. The number of aryl methyl sites for hydroxylation is 2. The zero-order valence-electron chi connectivity index (χ0n) is 18.4. The van der Waals surface area contributed by atoms with Crippen molar-refractivity contribution in [2.75, 3.05) is 17.7 Å². The number of nitrogen functional groups attached to an aromatic ring is 1. The molecule has 9 nitrogen and oxygen atoms in total. The lowest BCUT2D eigenvalue weighted by Crippen LogP contribution is -2.15. The number of aromatic nitrogens is 4. The minimum Gasteiger partial charge on any atom is -0.494 e. The molecule has 0 aliphatic rings. The van der Waals surface area contributed by atoms with Crippen molar-refractivity contribution in [2.24, 2.45) is 0 Å². The van der Waals surface area contributed by atoms with Crippen molar-refractivity contribution in [3.63, 3.8) is 0 Å². The molecule has 0 aliphatic carbocycles. The third kappa shape index (κ3) is 4.69. The Kier molecular flexibility index (Phi) is 6.07. The molecule has 0 saturated heterocycles. The highest BCUT2D eigenvalue weighted by atomic mass is 19.1. The molecule has 0 radical (unpaired) electrons. The summed E-state index contributed by atoms with van der Waals surface area (Å²) in [5, 5.41) is 10.4. The lowest BCUT2D eigenvalue weighted by molar-refractivity contribution is 0.102. The fourth-order valence-electron chi connectivity index (χ4n) is 3.16. The Balaban J connectivity index is 1.50. The Morgan fingerprint density at radius 1 is 1.21 bits per heavy atom. The third-order valence-corrected chi connectivity index (χ3v) is 5.02. The summed E-state index contributed by atoms with van der Waals surface area (Å²) in [7, 11) is 0. The van der Waals surface area contributed by atoms with Crippen molar-refractivity contribution in [2.45, 2.75) is 27.3 Å². The van der Waals surface area contributed by atoms with E-state index in [1.807, 2.05) is 31.2 Å². The quantitative estimate of drug-likeness (QED) is 0.437. The van der Waals surface area contributed by atoms with Crippen LogP contribution in [0.5, 0.6) is 5.75 Å². The van der Waals surface area contributed by atoms with E-state index in [0.29, 0.717) is 35.2 Å². The topological polar surface area (TPSA) is 121 Å². The zero-order valence-corrected chi connectivity index (χ0v) is 18.4. The molecule has 2 aromatic carbocycles. The molecule has 33 heavy (non-hydrogen) atoms. The largest absolute Gasteiger partial charge is 0.494 e. The summed E-state index contributed by atoms with van der Waals surface area (Å²) >= 11 is 0. The van der Waals surface area contributed by atoms with Crippen molar-refractivity contribution in [3.8, 4) is 17.2 Å². The second-order valence-corrected chi connectivity index (χ2v) is 7.38. The smallest absolute Gasteiger partial charge is 0.280 e. The first-order valence-corrected chi connectivity index (χ1v) is 10.3. The molecule has 0 fully saturated rings. The minimum atomic E-state index is -0.589. The number of hydrogen-bond donors (Lipinski definition) is 2. The molecule has 2 aromatic heterocycles. The number of ether oxygens (including phenoxy) is 1. The van der Waals surface area contributed by atoms with Gasteiger partial charge in [0.1, 0.15) is 23.0 Å². The van der Waals surface area contributed by atoms with Gasteiger partial charge in [-0.25, -0.2) is 14.1 Å². The molecule has 0 bridgehead atoms. The number of carbonyl (C=O) groups excluding carboxylic acids is 1.